The van der Waals surface area contributed by atoms with E-state index in [2.05, 4.69) is 10.6 Å². The minimum Gasteiger partial charge on any atom is -0.368 e. The van der Waals surface area contributed by atoms with Gasteiger partial charge in [-0.15, -0.1) is 11.6 Å². The van der Waals surface area contributed by atoms with Gasteiger partial charge in [0.25, 0.3) is 5.91 Å². The summed E-state index contributed by atoms with van der Waals surface area (Å²) in [4.78, 5) is 24.5. The number of amides is 2. The summed E-state index contributed by atoms with van der Waals surface area (Å²) in [6, 6.07) is 0. The van der Waals surface area contributed by atoms with Crippen LogP contribution in [0.1, 0.15) is 0 Å². The van der Waals surface area contributed by atoms with Crippen LogP contribution < -0.4 is 11.2 Å². The van der Waals surface area contributed by atoms with Crippen molar-refractivity contribution in [2.24, 2.45) is 5.73 Å². The first-order valence-electron chi connectivity index (χ1n) is 2.41. The molecule has 0 rings (SSSR count). The predicted molar refractivity (Wildman–Crippen MR) is 34.0 cm³/mol. The lowest BCUT2D eigenvalue weighted by Gasteiger charge is -1.99. The Balaban J connectivity index is 3.20. The number of carbonyl (C=O) groups is 2. The van der Waals surface area contributed by atoms with Gasteiger partial charge in [0.05, 0.1) is 0 Å². The number of carbonyl (C=O) groups excluding carboxylic acids is 2. The van der Waals surface area contributed by atoms with Gasteiger partial charge in [0.2, 0.25) is 5.91 Å². The standard InChI is InChI=1S/C4H7ClN2O3/c5-1-4(9)7-10-2-3(6)8/h1-2H2,(H2,6,8)(H,7,9). The lowest BCUT2D eigenvalue weighted by Crippen LogP contribution is -2.29. The molecule has 0 saturated heterocycles. The van der Waals surface area contributed by atoms with Crippen LogP contribution in [0.25, 0.3) is 0 Å². The second-order valence-electron chi connectivity index (χ2n) is 1.41. The van der Waals surface area contributed by atoms with Crippen LogP contribution in [0, 0.1) is 0 Å². The topological polar surface area (TPSA) is 81.4 Å². The monoisotopic (exact) mass is 166 g/mol. The molecule has 0 aromatic carbocycles. The number of hydrogen-bond donors (Lipinski definition) is 2. The van der Waals surface area contributed by atoms with E-state index in [-0.39, 0.29) is 12.5 Å². The number of rotatable bonds is 4. The molecule has 58 valence electrons. The van der Waals surface area contributed by atoms with Gasteiger partial charge in [-0.1, -0.05) is 0 Å². The molecular weight excluding hydrogens is 160 g/mol. The van der Waals surface area contributed by atoms with Crippen LogP contribution >= 0.6 is 11.6 Å². The van der Waals surface area contributed by atoms with Gasteiger partial charge < -0.3 is 5.73 Å². The molecule has 0 aliphatic heterocycles. The molecule has 0 aliphatic rings. The molecule has 0 bridgehead atoms. The first-order valence-corrected chi connectivity index (χ1v) is 2.95. The zero-order valence-electron chi connectivity index (χ0n) is 5.09. The summed E-state index contributed by atoms with van der Waals surface area (Å²) in [5.74, 6) is -1.38. The van der Waals surface area contributed by atoms with Gasteiger partial charge in [-0.2, -0.15) is 0 Å². The van der Waals surface area contributed by atoms with Crippen molar-refractivity contribution in [1.29, 1.82) is 0 Å². The molecule has 0 spiro atoms. The van der Waals surface area contributed by atoms with Gasteiger partial charge in [-0.25, -0.2) is 5.48 Å². The second-order valence-corrected chi connectivity index (χ2v) is 1.68. The summed E-state index contributed by atoms with van der Waals surface area (Å²) in [7, 11) is 0. The summed E-state index contributed by atoms with van der Waals surface area (Å²) < 4.78 is 0. The molecule has 0 atom stereocenters. The Hall–Kier alpha value is -0.810. The molecule has 0 aliphatic carbocycles. The molecule has 5 nitrogen and oxygen atoms in total. The average Bonchev–Trinajstić information content (AvgIpc) is 1.87. The maximum Gasteiger partial charge on any atom is 0.258 e. The quantitative estimate of drug-likeness (QED) is 0.405. The van der Waals surface area contributed by atoms with Crippen molar-refractivity contribution in [3.05, 3.63) is 0 Å². The highest BCUT2D eigenvalue weighted by atomic mass is 35.5. The summed E-state index contributed by atoms with van der Waals surface area (Å²) in [5, 5.41) is 0. The maximum atomic E-state index is 10.3. The van der Waals surface area contributed by atoms with Crippen LogP contribution in [0.5, 0.6) is 0 Å². The molecule has 0 saturated carbocycles. The lowest BCUT2D eigenvalue weighted by molar-refractivity contribution is -0.136. The van der Waals surface area contributed by atoms with Crippen LogP contribution in [0.15, 0.2) is 0 Å². The van der Waals surface area contributed by atoms with Gasteiger partial charge in [0.15, 0.2) is 6.61 Å². The van der Waals surface area contributed by atoms with Crippen LogP contribution in [0.2, 0.25) is 0 Å². The molecule has 6 heteroatoms. The first-order chi connectivity index (χ1) is 4.66. The van der Waals surface area contributed by atoms with E-state index in [1.165, 1.54) is 0 Å². The maximum absolute atomic E-state index is 10.3. The van der Waals surface area contributed by atoms with E-state index in [1.807, 2.05) is 5.48 Å². The summed E-state index contributed by atoms with van der Waals surface area (Å²) in [6.45, 7) is -0.345. The molecule has 0 aromatic rings. The molecular formula is C4H7ClN2O3. The van der Waals surface area contributed by atoms with Gasteiger partial charge in [-0.3, -0.25) is 14.4 Å². The summed E-state index contributed by atoms with van der Waals surface area (Å²) in [6.07, 6.45) is 0. The van der Waals surface area contributed by atoms with E-state index >= 15 is 0 Å². The highest BCUT2D eigenvalue weighted by molar-refractivity contribution is 6.27. The molecule has 10 heavy (non-hydrogen) atoms. The predicted octanol–water partition coefficient (Wildman–Crippen LogP) is -1.24. The summed E-state index contributed by atoms with van der Waals surface area (Å²) in [5.41, 5.74) is 6.56. The second kappa shape index (κ2) is 5.01. The molecule has 0 heterocycles. The molecule has 0 unspecified atom stereocenters. The number of hydroxylamine groups is 1. The van der Waals surface area contributed by atoms with Gasteiger partial charge in [0, 0.05) is 0 Å². The molecule has 3 N–H and O–H groups in total. The van der Waals surface area contributed by atoms with Crippen molar-refractivity contribution in [2.75, 3.05) is 12.5 Å². The minimum absolute atomic E-state index is 0.210. The van der Waals surface area contributed by atoms with Crippen LogP contribution in [-0.2, 0) is 14.4 Å². The molecule has 0 fully saturated rings. The van der Waals surface area contributed by atoms with E-state index in [1.54, 1.807) is 0 Å². The number of nitrogens with two attached hydrogens (primary N) is 1. The van der Waals surface area contributed by atoms with Crippen LogP contribution in [0.3, 0.4) is 0 Å². The Morgan fingerprint density at radius 2 is 2.20 bits per heavy atom. The smallest absolute Gasteiger partial charge is 0.258 e. The van der Waals surface area contributed by atoms with Crippen molar-refractivity contribution >= 4 is 23.4 Å². The number of primary amides is 1. The zero-order chi connectivity index (χ0) is 7.98. The third-order valence-electron chi connectivity index (χ3n) is 0.522. The minimum atomic E-state index is -0.658. The highest BCUT2D eigenvalue weighted by Gasteiger charge is 1.98. The average molecular weight is 167 g/mol. The number of nitrogens with one attached hydrogen (secondary N) is 1. The Kier molecular flexibility index (Phi) is 4.61. The van der Waals surface area contributed by atoms with E-state index in [0.29, 0.717) is 0 Å². The lowest BCUT2D eigenvalue weighted by atomic mass is 10.7. The number of alkyl halides is 1. The highest BCUT2D eigenvalue weighted by Crippen LogP contribution is 1.73. The number of halogens is 1. The van der Waals surface area contributed by atoms with E-state index in [4.69, 9.17) is 11.6 Å². The normalized spacial score (nSPS) is 8.90. The Labute approximate surface area is 62.4 Å². The third kappa shape index (κ3) is 5.33. The summed E-state index contributed by atoms with van der Waals surface area (Å²) >= 11 is 5.06. The fourth-order valence-corrected chi connectivity index (χ4v) is 0.270. The van der Waals surface area contributed by atoms with Crippen molar-refractivity contribution in [3.8, 4) is 0 Å². The van der Waals surface area contributed by atoms with Crippen molar-refractivity contribution in [2.45, 2.75) is 0 Å². The molecule has 0 radical (unpaired) electrons. The SMILES string of the molecule is NC(=O)CONC(=O)CCl. The largest absolute Gasteiger partial charge is 0.368 e. The van der Waals surface area contributed by atoms with Crippen LogP contribution in [0.4, 0.5) is 0 Å². The first kappa shape index (κ1) is 9.19. The van der Waals surface area contributed by atoms with Crippen molar-refractivity contribution in [3.63, 3.8) is 0 Å². The zero-order valence-corrected chi connectivity index (χ0v) is 5.85. The Bertz CT molecular complexity index is 138. The number of hydrogen-bond acceptors (Lipinski definition) is 3. The fraction of sp³-hybridized carbons (Fsp3) is 0.500. The van der Waals surface area contributed by atoms with E-state index < -0.39 is 11.8 Å². The van der Waals surface area contributed by atoms with Crippen molar-refractivity contribution < 1.29 is 14.4 Å². The Morgan fingerprint density at radius 1 is 1.60 bits per heavy atom. The van der Waals surface area contributed by atoms with Crippen LogP contribution in [-0.4, -0.2) is 24.3 Å². The van der Waals surface area contributed by atoms with Gasteiger partial charge in [0.1, 0.15) is 5.88 Å². The fourth-order valence-electron chi connectivity index (χ4n) is 0.215. The van der Waals surface area contributed by atoms with E-state index in [9.17, 15) is 9.59 Å². The van der Waals surface area contributed by atoms with E-state index in [0.717, 1.165) is 0 Å². The molecule has 0 aromatic heterocycles. The molecule has 2 amide bonds. The van der Waals surface area contributed by atoms with Crippen molar-refractivity contribution in [1.82, 2.24) is 5.48 Å². The third-order valence-corrected chi connectivity index (χ3v) is 0.765. The van der Waals surface area contributed by atoms with Gasteiger partial charge >= 0.3 is 0 Å². The Morgan fingerprint density at radius 3 is 2.60 bits per heavy atom. The van der Waals surface area contributed by atoms with Gasteiger partial charge in [-0.05, 0) is 0 Å².